The molecule has 124 valence electrons. The zero-order valence-corrected chi connectivity index (χ0v) is 13.4. The van der Waals surface area contributed by atoms with Gasteiger partial charge in [-0.25, -0.2) is 9.67 Å². The Morgan fingerprint density at radius 1 is 1.20 bits per heavy atom. The molecule has 2 aliphatic rings. The molecule has 25 heavy (non-hydrogen) atoms. The molecule has 7 nitrogen and oxygen atoms in total. The highest BCUT2D eigenvalue weighted by molar-refractivity contribution is 5.95. The van der Waals surface area contributed by atoms with Crippen molar-refractivity contribution in [2.75, 3.05) is 5.43 Å². The van der Waals surface area contributed by atoms with E-state index >= 15 is 0 Å². The number of carbonyl (C=O) groups is 1. The molecule has 0 spiro atoms. The quantitative estimate of drug-likeness (QED) is 0.715. The van der Waals surface area contributed by atoms with Crippen LogP contribution >= 0.6 is 0 Å². The fourth-order valence-electron chi connectivity index (χ4n) is 3.58. The highest BCUT2D eigenvalue weighted by atomic mass is 16.2. The predicted octanol–water partition coefficient (Wildman–Crippen LogP) is 2.08. The van der Waals surface area contributed by atoms with Crippen LogP contribution in [0.25, 0.3) is 5.82 Å². The molecule has 2 aromatic heterocycles. The predicted molar refractivity (Wildman–Crippen MR) is 91.2 cm³/mol. The van der Waals surface area contributed by atoms with E-state index in [-0.39, 0.29) is 5.91 Å². The van der Waals surface area contributed by atoms with Gasteiger partial charge in [0.15, 0.2) is 11.5 Å². The molecule has 0 radical (unpaired) electrons. The van der Waals surface area contributed by atoms with Crippen molar-refractivity contribution >= 4 is 11.6 Å². The van der Waals surface area contributed by atoms with Crippen LogP contribution in [0, 0.1) is 5.92 Å². The zero-order valence-electron chi connectivity index (χ0n) is 13.4. The summed E-state index contributed by atoms with van der Waals surface area (Å²) < 4.78 is 1.79. The number of nitrogens with one attached hydrogen (secondary N) is 2. The Morgan fingerprint density at radius 2 is 2.08 bits per heavy atom. The van der Waals surface area contributed by atoms with Crippen LogP contribution < -0.4 is 10.9 Å². The van der Waals surface area contributed by atoms with Crippen molar-refractivity contribution < 1.29 is 4.79 Å². The highest BCUT2D eigenvalue weighted by Crippen LogP contribution is 2.57. The maximum atomic E-state index is 12.7. The van der Waals surface area contributed by atoms with E-state index in [4.69, 9.17) is 0 Å². The van der Waals surface area contributed by atoms with Gasteiger partial charge in [-0.1, -0.05) is 18.2 Å². The van der Waals surface area contributed by atoms with Gasteiger partial charge < -0.3 is 0 Å². The third kappa shape index (κ3) is 2.36. The lowest BCUT2D eigenvalue weighted by atomic mass is 10.1. The molecule has 1 amide bonds. The van der Waals surface area contributed by atoms with Crippen molar-refractivity contribution in [2.45, 2.75) is 18.8 Å². The van der Waals surface area contributed by atoms with Crippen LogP contribution in [-0.4, -0.2) is 25.7 Å². The molecule has 2 atom stereocenters. The monoisotopic (exact) mass is 332 g/mol. The molecular weight excluding hydrogens is 316 g/mol. The van der Waals surface area contributed by atoms with Gasteiger partial charge in [-0.15, -0.1) is 0 Å². The number of amides is 1. The number of para-hydroxylation sites is 1. The van der Waals surface area contributed by atoms with E-state index in [1.807, 2.05) is 30.3 Å². The average molecular weight is 332 g/mol. The summed E-state index contributed by atoms with van der Waals surface area (Å²) in [6.07, 6.45) is 7.02. The summed E-state index contributed by atoms with van der Waals surface area (Å²) in [4.78, 5) is 21.1. The molecule has 2 N–H and O–H groups in total. The van der Waals surface area contributed by atoms with Crippen molar-refractivity contribution in [1.29, 1.82) is 0 Å². The van der Waals surface area contributed by atoms with Crippen LogP contribution in [0.15, 0.2) is 48.9 Å². The number of hydrogen-bond acceptors (Lipinski definition) is 5. The topological polar surface area (TPSA) is 84.7 Å². The summed E-state index contributed by atoms with van der Waals surface area (Å²) in [6.45, 7) is 0. The number of anilines is 1. The summed E-state index contributed by atoms with van der Waals surface area (Å²) >= 11 is 0. The summed E-state index contributed by atoms with van der Waals surface area (Å²) in [5.74, 6) is 1.56. The fraction of sp³-hybridized carbons (Fsp3) is 0.222. The summed E-state index contributed by atoms with van der Waals surface area (Å²) in [5, 5.41) is 4.55. The van der Waals surface area contributed by atoms with E-state index in [0.29, 0.717) is 23.3 Å². The van der Waals surface area contributed by atoms with Gasteiger partial charge in [0, 0.05) is 23.9 Å². The van der Waals surface area contributed by atoms with Crippen LogP contribution in [0.4, 0.5) is 5.69 Å². The molecular formula is C18H16N6O. The van der Waals surface area contributed by atoms with Crippen molar-refractivity contribution in [3.63, 3.8) is 0 Å². The second-order valence-electron chi connectivity index (χ2n) is 6.44. The van der Waals surface area contributed by atoms with Gasteiger partial charge in [0.05, 0.1) is 17.6 Å². The minimum absolute atomic E-state index is 0.232. The van der Waals surface area contributed by atoms with Crippen LogP contribution in [-0.2, 0) is 6.42 Å². The van der Waals surface area contributed by atoms with Gasteiger partial charge in [-0.2, -0.15) is 5.10 Å². The standard InChI is InChI=1S/C18H16N6O/c25-18(22-21-12-4-2-1-3-5-12)16-14-9-11-8-13(11)17(14)24(23-16)15-10-19-6-7-20-15/h1-7,10-11,13,21H,8-9H2,(H,22,25)/t11-,13-/m1/s1. The number of nitrogens with zero attached hydrogens (tertiary/aromatic N) is 4. The molecule has 0 bridgehead atoms. The Bertz CT molecular complexity index is 937. The minimum atomic E-state index is -0.232. The summed E-state index contributed by atoms with van der Waals surface area (Å²) in [6, 6.07) is 9.51. The van der Waals surface area contributed by atoms with Gasteiger partial charge in [-0.05, 0) is 30.9 Å². The van der Waals surface area contributed by atoms with Gasteiger partial charge in [0.25, 0.3) is 5.91 Å². The number of carbonyl (C=O) groups excluding carboxylic acids is 1. The molecule has 7 heteroatoms. The van der Waals surface area contributed by atoms with Crippen LogP contribution in [0.3, 0.4) is 0 Å². The first-order valence-electron chi connectivity index (χ1n) is 8.31. The molecule has 5 rings (SSSR count). The van der Waals surface area contributed by atoms with Gasteiger partial charge in [-0.3, -0.25) is 20.6 Å². The largest absolute Gasteiger partial charge is 0.298 e. The second-order valence-corrected chi connectivity index (χ2v) is 6.44. The number of hydrazine groups is 1. The third-order valence-electron chi connectivity index (χ3n) is 4.84. The van der Waals surface area contributed by atoms with E-state index in [1.54, 1.807) is 23.3 Å². The van der Waals surface area contributed by atoms with Gasteiger partial charge >= 0.3 is 0 Å². The zero-order chi connectivity index (χ0) is 16.8. The first-order valence-corrected chi connectivity index (χ1v) is 8.31. The Balaban J connectivity index is 1.46. The third-order valence-corrected chi connectivity index (χ3v) is 4.84. The lowest BCUT2D eigenvalue weighted by Crippen LogP contribution is -2.30. The van der Waals surface area contributed by atoms with Crippen molar-refractivity contribution in [2.24, 2.45) is 5.92 Å². The Labute approximate surface area is 144 Å². The second kappa shape index (κ2) is 5.41. The van der Waals surface area contributed by atoms with Crippen molar-refractivity contribution in [3.05, 3.63) is 65.9 Å². The lowest BCUT2D eigenvalue weighted by molar-refractivity contribution is 0.0956. The maximum Gasteiger partial charge on any atom is 0.290 e. The highest BCUT2D eigenvalue weighted by Gasteiger charge is 2.50. The van der Waals surface area contributed by atoms with E-state index < -0.39 is 0 Å². The van der Waals surface area contributed by atoms with E-state index in [2.05, 4.69) is 25.9 Å². The lowest BCUT2D eigenvalue weighted by Gasteiger charge is -2.07. The van der Waals surface area contributed by atoms with Gasteiger partial charge in [0.2, 0.25) is 0 Å². The Morgan fingerprint density at radius 3 is 2.88 bits per heavy atom. The number of benzene rings is 1. The molecule has 1 aromatic carbocycles. The number of rotatable bonds is 4. The summed E-state index contributed by atoms with van der Waals surface area (Å²) in [5.41, 5.74) is 9.12. The normalized spacial score (nSPS) is 19.8. The fourth-order valence-corrected chi connectivity index (χ4v) is 3.58. The number of hydrogen-bond donors (Lipinski definition) is 2. The first-order chi connectivity index (χ1) is 12.3. The minimum Gasteiger partial charge on any atom is -0.298 e. The molecule has 0 saturated heterocycles. The molecule has 1 saturated carbocycles. The molecule has 3 aromatic rings. The molecule has 0 aliphatic heterocycles. The molecule has 1 fully saturated rings. The number of fused-ring (bicyclic) bond motifs is 3. The SMILES string of the molecule is O=C(NNc1ccccc1)c1nn(-c2cnccn2)c2c1C[C@H]1C[C@@H]21. The smallest absolute Gasteiger partial charge is 0.290 e. The molecule has 0 unspecified atom stereocenters. The van der Waals surface area contributed by atoms with E-state index in [0.717, 1.165) is 23.4 Å². The summed E-state index contributed by atoms with van der Waals surface area (Å²) in [7, 11) is 0. The van der Waals surface area contributed by atoms with Crippen LogP contribution in [0.2, 0.25) is 0 Å². The first kappa shape index (κ1) is 14.2. The van der Waals surface area contributed by atoms with Gasteiger partial charge in [0.1, 0.15) is 0 Å². The Hall–Kier alpha value is -3.22. The average Bonchev–Trinajstić information content (AvgIpc) is 3.17. The van der Waals surface area contributed by atoms with Crippen molar-refractivity contribution in [1.82, 2.24) is 25.2 Å². The van der Waals surface area contributed by atoms with Crippen LogP contribution in [0.1, 0.15) is 34.1 Å². The molecule has 2 aliphatic carbocycles. The maximum absolute atomic E-state index is 12.7. The Kier molecular flexibility index (Phi) is 3.06. The molecule has 2 heterocycles. The van der Waals surface area contributed by atoms with Crippen LogP contribution in [0.5, 0.6) is 0 Å². The van der Waals surface area contributed by atoms with E-state index in [9.17, 15) is 4.79 Å². The van der Waals surface area contributed by atoms with E-state index in [1.165, 1.54) is 6.42 Å². The van der Waals surface area contributed by atoms with Crippen molar-refractivity contribution in [3.8, 4) is 5.82 Å². The number of aromatic nitrogens is 4.